The van der Waals surface area contributed by atoms with Gasteiger partial charge in [0.1, 0.15) is 6.04 Å². The fourth-order valence-electron chi connectivity index (χ4n) is 1.55. The minimum atomic E-state index is -1.10. The van der Waals surface area contributed by atoms with Crippen molar-refractivity contribution < 1.29 is 19.0 Å². The Labute approximate surface area is 99.2 Å². The zero-order valence-electron chi connectivity index (χ0n) is 10.0. The number of ether oxygens (including phenoxy) is 1. The Kier molecular flexibility index (Phi) is 3.72. The predicted molar refractivity (Wildman–Crippen MR) is 61.6 cm³/mol. The first-order valence-corrected chi connectivity index (χ1v) is 5.13. The summed E-state index contributed by atoms with van der Waals surface area (Å²) < 4.78 is 18.1. The van der Waals surface area contributed by atoms with Gasteiger partial charge in [-0.25, -0.2) is 4.39 Å². The molecule has 4 nitrogen and oxygen atoms in total. The molecule has 0 spiro atoms. The van der Waals surface area contributed by atoms with Gasteiger partial charge < -0.3 is 15.6 Å². The zero-order valence-corrected chi connectivity index (χ0v) is 10.0. The van der Waals surface area contributed by atoms with Crippen LogP contribution in [0.25, 0.3) is 0 Å². The molecule has 1 unspecified atom stereocenters. The van der Waals surface area contributed by atoms with Crippen LogP contribution < -0.4 is 10.5 Å². The Balaban J connectivity index is 3.19. The molecule has 0 aliphatic heterocycles. The third kappa shape index (κ3) is 2.55. The van der Waals surface area contributed by atoms with Crippen LogP contribution in [0.3, 0.4) is 0 Å². The van der Waals surface area contributed by atoms with Crippen molar-refractivity contribution >= 4 is 5.97 Å². The summed E-state index contributed by atoms with van der Waals surface area (Å²) in [5, 5.41) is 8.93. The smallest absolute Gasteiger partial charge is 0.321 e. The van der Waals surface area contributed by atoms with Crippen molar-refractivity contribution in [2.75, 3.05) is 7.11 Å². The minimum absolute atomic E-state index is 0.0770. The molecule has 1 atom stereocenters. The molecule has 17 heavy (non-hydrogen) atoms. The Bertz CT molecular complexity index is 432. The van der Waals surface area contributed by atoms with E-state index in [2.05, 4.69) is 0 Å². The van der Waals surface area contributed by atoms with Gasteiger partial charge in [-0.05, 0) is 17.7 Å². The number of aliphatic carboxylic acids is 1. The van der Waals surface area contributed by atoms with E-state index in [0.717, 1.165) is 0 Å². The average Bonchev–Trinajstić information content (AvgIpc) is 2.28. The van der Waals surface area contributed by atoms with Crippen molar-refractivity contribution in [3.8, 4) is 5.75 Å². The Morgan fingerprint density at radius 1 is 1.53 bits per heavy atom. The topological polar surface area (TPSA) is 72.5 Å². The lowest BCUT2D eigenvalue weighted by Gasteiger charge is -2.29. The molecule has 0 aliphatic rings. The van der Waals surface area contributed by atoms with Gasteiger partial charge in [-0.3, -0.25) is 4.79 Å². The summed E-state index contributed by atoms with van der Waals surface area (Å²) in [4.78, 5) is 10.9. The standard InChI is InChI=1S/C12H16FNO3/c1-12(2,10(14)11(15)16)7-4-5-8(13)9(6-7)17-3/h4-6,10H,14H2,1-3H3,(H,15,16). The second kappa shape index (κ2) is 4.71. The van der Waals surface area contributed by atoms with Gasteiger partial charge in [-0.15, -0.1) is 0 Å². The molecule has 0 aromatic heterocycles. The molecule has 0 amide bonds. The van der Waals surface area contributed by atoms with E-state index in [1.165, 1.54) is 25.3 Å². The number of methoxy groups -OCH3 is 1. The lowest BCUT2D eigenvalue weighted by Crippen LogP contribution is -2.46. The molecule has 94 valence electrons. The summed E-state index contributed by atoms with van der Waals surface area (Å²) in [7, 11) is 1.35. The molecule has 0 fully saturated rings. The van der Waals surface area contributed by atoms with Gasteiger partial charge in [-0.1, -0.05) is 19.9 Å². The van der Waals surface area contributed by atoms with Crippen molar-refractivity contribution in [2.45, 2.75) is 25.3 Å². The predicted octanol–water partition coefficient (Wildman–Crippen LogP) is 1.52. The third-order valence-corrected chi connectivity index (χ3v) is 2.94. The van der Waals surface area contributed by atoms with Crippen LogP contribution in [0.5, 0.6) is 5.75 Å². The van der Waals surface area contributed by atoms with Crippen LogP contribution in [-0.2, 0) is 10.2 Å². The molecule has 0 saturated carbocycles. The molecular formula is C12H16FNO3. The van der Waals surface area contributed by atoms with E-state index in [4.69, 9.17) is 15.6 Å². The molecule has 0 saturated heterocycles. The molecule has 3 N–H and O–H groups in total. The highest BCUT2D eigenvalue weighted by molar-refractivity contribution is 5.75. The van der Waals surface area contributed by atoms with Crippen molar-refractivity contribution in [2.24, 2.45) is 5.73 Å². The molecule has 1 aromatic rings. The first kappa shape index (κ1) is 13.4. The van der Waals surface area contributed by atoms with Crippen LogP contribution in [0.15, 0.2) is 18.2 Å². The van der Waals surface area contributed by atoms with E-state index < -0.39 is 23.2 Å². The van der Waals surface area contributed by atoms with E-state index in [0.29, 0.717) is 5.56 Å². The SMILES string of the molecule is COc1cc(C(C)(C)C(N)C(=O)O)ccc1F. The average molecular weight is 241 g/mol. The van der Waals surface area contributed by atoms with Crippen molar-refractivity contribution in [3.05, 3.63) is 29.6 Å². The maximum absolute atomic E-state index is 13.2. The first-order valence-electron chi connectivity index (χ1n) is 5.13. The number of hydrogen-bond acceptors (Lipinski definition) is 3. The number of carboxylic acid groups (broad SMARTS) is 1. The van der Waals surface area contributed by atoms with Crippen LogP contribution in [0.4, 0.5) is 4.39 Å². The van der Waals surface area contributed by atoms with E-state index in [-0.39, 0.29) is 5.75 Å². The number of hydrogen-bond donors (Lipinski definition) is 2. The normalized spacial score (nSPS) is 13.2. The van der Waals surface area contributed by atoms with E-state index in [1.54, 1.807) is 13.8 Å². The summed E-state index contributed by atoms with van der Waals surface area (Å²) in [6.07, 6.45) is 0. The summed E-state index contributed by atoms with van der Waals surface area (Å²) in [6.45, 7) is 3.39. The maximum atomic E-state index is 13.2. The van der Waals surface area contributed by atoms with Crippen molar-refractivity contribution in [1.82, 2.24) is 0 Å². The molecule has 0 bridgehead atoms. The zero-order chi connectivity index (χ0) is 13.2. The van der Waals surface area contributed by atoms with Gasteiger partial charge >= 0.3 is 5.97 Å². The molecule has 0 heterocycles. The molecule has 5 heteroatoms. The van der Waals surface area contributed by atoms with Crippen LogP contribution in [0.2, 0.25) is 0 Å². The Hall–Kier alpha value is -1.62. The second-order valence-electron chi connectivity index (χ2n) is 4.39. The third-order valence-electron chi connectivity index (χ3n) is 2.94. The van der Waals surface area contributed by atoms with E-state index in [1.807, 2.05) is 0 Å². The van der Waals surface area contributed by atoms with Crippen molar-refractivity contribution in [1.29, 1.82) is 0 Å². The van der Waals surface area contributed by atoms with Gasteiger partial charge in [0.05, 0.1) is 7.11 Å². The fourth-order valence-corrected chi connectivity index (χ4v) is 1.55. The van der Waals surface area contributed by atoms with E-state index in [9.17, 15) is 9.18 Å². The number of carbonyl (C=O) groups is 1. The molecule has 1 rings (SSSR count). The number of rotatable bonds is 4. The molecule has 0 radical (unpaired) electrons. The number of halogens is 1. The van der Waals surface area contributed by atoms with Crippen LogP contribution in [-0.4, -0.2) is 24.2 Å². The summed E-state index contributed by atoms with van der Waals surface area (Å²) in [5.74, 6) is -1.51. The van der Waals surface area contributed by atoms with Crippen LogP contribution in [0, 0.1) is 5.82 Å². The Morgan fingerprint density at radius 3 is 2.59 bits per heavy atom. The minimum Gasteiger partial charge on any atom is -0.494 e. The quantitative estimate of drug-likeness (QED) is 0.838. The van der Waals surface area contributed by atoms with Crippen LogP contribution >= 0.6 is 0 Å². The highest BCUT2D eigenvalue weighted by atomic mass is 19.1. The van der Waals surface area contributed by atoms with Gasteiger partial charge in [0, 0.05) is 5.41 Å². The fraction of sp³-hybridized carbons (Fsp3) is 0.417. The number of carboxylic acids is 1. The summed E-state index contributed by atoms with van der Waals surface area (Å²) in [5.41, 5.74) is 5.43. The van der Waals surface area contributed by atoms with Gasteiger partial charge in [-0.2, -0.15) is 0 Å². The second-order valence-corrected chi connectivity index (χ2v) is 4.39. The van der Waals surface area contributed by atoms with Gasteiger partial charge in [0.2, 0.25) is 0 Å². The van der Waals surface area contributed by atoms with Gasteiger partial charge in [0.15, 0.2) is 11.6 Å². The highest BCUT2D eigenvalue weighted by Crippen LogP contribution is 2.30. The highest BCUT2D eigenvalue weighted by Gasteiger charge is 2.34. The Morgan fingerprint density at radius 2 is 2.12 bits per heavy atom. The molecule has 1 aromatic carbocycles. The summed E-state index contributed by atoms with van der Waals surface area (Å²) >= 11 is 0. The van der Waals surface area contributed by atoms with Crippen LogP contribution in [0.1, 0.15) is 19.4 Å². The molecule has 0 aliphatic carbocycles. The number of nitrogens with two attached hydrogens (primary N) is 1. The lowest BCUT2D eigenvalue weighted by atomic mass is 9.78. The molecular weight excluding hydrogens is 225 g/mol. The lowest BCUT2D eigenvalue weighted by molar-refractivity contribution is -0.140. The van der Waals surface area contributed by atoms with Crippen molar-refractivity contribution in [3.63, 3.8) is 0 Å². The first-order chi connectivity index (χ1) is 7.80. The van der Waals surface area contributed by atoms with Gasteiger partial charge in [0.25, 0.3) is 0 Å². The number of benzene rings is 1. The largest absolute Gasteiger partial charge is 0.494 e. The van der Waals surface area contributed by atoms with E-state index >= 15 is 0 Å². The maximum Gasteiger partial charge on any atom is 0.321 e. The monoisotopic (exact) mass is 241 g/mol. The summed E-state index contributed by atoms with van der Waals surface area (Å²) in [6, 6.07) is 3.15.